The van der Waals surface area contributed by atoms with Gasteiger partial charge in [0, 0.05) is 11.8 Å². The topological polar surface area (TPSA) is 79.5 Å². The molecule has 3 aromatic rings. The highest BCUT2D eigenvalue weighted by atomic mass is 35.5. The van der Waals surface area contributed by atoms with Gasteiger partial charge in [-0.3, -0.25) is 0 Å². The van der Waals surface area contributed by atoms with E-state index < -0.39 is 6.09 Å². The van der Waals surface area contributed by atoms with E-state index in [9.17, 15) is 4.79 Å². The van der Waals surface area contributed by atoms with Crippen molar-refractivity contribution in [3.8, 4) is 11.3 Å². The molecular formula is C15H13ClN4O2. The van der Waals surface area contributed by atoms with Crippen LogP contribution in [-0.2, 0) is 0 Å². The molecule has 0 saturated carbocycles. The minimum atomic E-state index is -1.05. The molecule has 2 heterocycles. The molecule has 0 bridgehead atoms. The third-order valence-corrected chi connectivity index (χ3v) is 3.65. The van der Waals surface area contributed by atoms with Crippen LogP contribution in [0.25, 0.3) is 16.9 Å². The van der Waals surface area contributed by atoms with Gasteiger partial charge in [0.1, 0.15) is 5.02 Å². The number of nitrogens with one attached hydrogen (secondary N) is 1. The van der Waals surface area contributed by atoms with Crippen molar-refractivity contribution in [3.63, 3.8) is 0 Å². The number of halogens is 1. The van der Waals surface area contributed by atoms with E-state index in [2.05, 4.69) is 15.4 Å². The lowest BCUT2D eigenvalue weighted by molar-refractivity contribution is 0.191. The third kappa shape index (κ3) is 2.60. The van der Waals surface area contributed by atoms with Crippen LogP contribution in [-0.4, -0.2) is 25.8 Å². The fourth-order valence-corrected chi connectivity index (χ4v) is 2.49. The lowest BCUT2D eigenvalue weighted by Crippen LogP contribution is -2.24. The molecule has 0 saturated heterocycles. The highest BCUT2D eigenvalue weighted by molar-refractivity contribution is 6.33. The van der Waals surface area contributed by atoms with Gasteiger partial charge < -0.3 is 10.4 Å². The second-order valence-electron chi connectivity index (χ2n) is 4.85. The van der Waals surface area contributed by atoms with Gasteiger partial charge in [0.15, 0.2) is 5.65 Å². The molecule has 0 aliphatic heterocycles. The fraction of sp³-hybridized carbons (Fsp3) is 0.133. The van der Waals surface area contributed by atoms with Crippen LogP contribution >= 0.6 is 11.6 Å². The van der Waals surface area contributed by atoms with Gasteiger partial charge in [-0.25, -0.2) is 14.3 Å². The number of aromatic nitrogens is 3. The smallest absolute Gasteiger partial charge is 0.405 e. The molecule has 1 unspecified atom stereocenters. The summed E-state index contributed by atoms with van der Waals surface area (Å²) < 4.78 is 1.66. The zero-order chi connectivity index (χ0) is 15.7. The number of nitrogens with zero attached hydrogens (tertiary/aromatic N) is 3. The minimum absolute atomic E-state index is 0.309. The Kier molecular flexibility index (Phi) is 3.68. The summed E-state index contributed by atoms with van der Waals surface area (Å²) in [5.41, 5.74) is 3.19. The predicted octanol–water partition coefficient (Wildman–Crippen LogP) is 3.38. The molecule has 6 nitrogen and oxygen atoms in total. The lowest BCUT2D eigenvalue weighted by Gasteiger charge is -2.13. The lowest BCUT2D eigenvalue weighted by atomic mass is 10.0. The molecule has 0 aliphatic rings. The standard InChI is InChI=1S/C15H13ClN4O2/c1-9(19-15(21)22)10-3-2-4-11(7-10)13-5-6-17-14-12(16)8-18-20(13)14/h2-9,19H,1H3,(H,21,22). The average Bonchev–Trinajstić information content (AvgIpc) is 2.88. The average molecular weight is 317 g/mol. The van der Waals surface area contributed by atoms with Gasteiger partial charge in [-0.2, -0.15) is 5.10 Å². The maximum absolute atomic E-state index is 10.8. The van der Waals surface area contributed by atoms with Gasteiger partial charge in [-0.15, -0.1) is 0 Å². The summed E-state index contributed by atoms with van der Waals surface area (Å²) in [6.07, 6.45) is 2.17. The number of fused-ring (bicyclic) bond motifs is 1. The number of benzene rings is 1. The van der Waals surface area contributed by atoms with E-state index in [0.29, 0.717) is 10.7 Å². The zero-order valence-electron chi connectivity index (χ0n) is 11.7. The van der Waals surface area contributed by atoms with Crippen LogP contribution < -0.4 is 5.32 Å². The molecule has 1 atom stereocenters. The van der Waals surface area contributed by atoms with Gasteiger partial charge in [0.25, 0.3) is 0 Å². The van der Waals surface area contributed by atoms with Crippen LogP contribution in [0.1, 0.15) is 18.5 Å². The Morgan fingerprint density at radius 1 is 1.41 bits per heavy atom. The summed E-state index contributed by atoms with van der Waals surface area (Å²) in [7, 11) is 0. The Balaban J connectivity index is 2.06. The highest BCUT2D eigenvalue weighted by Crippen LogP contribution is 2.25. The molecule has 3 rings (SSSR count). The van der Waals surface area contributed by atoms with Crippen molar-refractivity contribution in [3.05, 3.63) is 53.3 Å². The molecule has 0 spiro atoms. The second kappa shape index (κ2) is 5.65. The Morgan fingerprint density at radius 3 is 3.00 bits per heavy atom. The van der Waals surface area contributed by atoms with Crippen molar-refractivity contribution in [1.82, 2.24) is 19.9 Å². The first kappa shape index (κ1) is 14.3. The SMILES string of the molecule is CC(NC(=O)O)c1cccc(-c2ccnc3c(Cl)cnn23)c1. The van der Waals surface area contributed by atoms with Crippen LogP contribution in [0.15, 0.2) is 42.7 Å². The molecule has 2 aromatic heterocycles. The maximum Gasteiger partial charge on any atom is 0.405 e. The molecular weight excluding hydrogens is 304 g/mol. The Morgan fingerprint density at radius 2 is 2.23 bits per heavy atom. The number of rotatable bonds is 3. The van der Waals surface area contributed by atoms with E-state index in [0.717, 1.165) is 16.8 Å². The van der Waals surface area contributed by atoms with Crippen LogP contribution in [0.5, 0.6) is 0 Å². The van der Waals surface area contributed by atoms with Crippen molar-refractivity contribution in [2.75, 3.05) is 0 Å². The normalized spacial score (nSPS) is 12.3. The number of hydrogen-bond acceptors (Lipinski definition) is 3. The van der Waals surface area contributed by atoms with E-state index >= 15 is 0 Å². The molecule has 2 N–H and O–H groups in total. The Bertz CT molecular complexity index is 846. The van der Waals surface area contributed by atoms with Crippen molar-refractivity contribution < 1.29 is 9.90 Å². The first-order valence-electron chi connectivity index (χ1n) is 6.64. The van der Waals surface area contributed by atoms with Gasteiger partial charge in [-0.05, 0) is 24.6 Å². The first-order chi connectivity index (χ1) is 10.6. The van der Waals surface area contributed by atoms with Crippen molar-refractivity contribution in [2.24, 2.45) is 0 Å². The fourth-order valence-electron chi connectivity index (χ4n) is 2.32. The van der Waals surface area contributed by atoms with Gasteiger partial charge in [0.05, 0.1) is 17.9 Å². The monoisotopic (exact) mass is 316 g/mol. The summed E-state index contributed by atoms with van der Waals surface area (Å²) in [5.74, 6) is 0. The largest absolute Gasteiger partial charge is 0.465 e. The summed E-state index contributed by atoms with van der Waals surface area (Å²) in [6.45, 7) is 1.79. The van der Waals surface area contributed by atoms with Crippen LogP contribution in [0, 0.1) is 0 Å². The first-order valence-corrected chi connectivity index (χ1v) is 7.02. The van der Waals surface area contributed by atoms with Gasteiger partial charge >= 0.3 is 6.09 Å². The summed E-state index contributed by atoms with van der Waals surface area (Å²) >= 11 is 6.05. The van der Waals surface area contributed by atoms with Crippen LogP contribution in [0.3, 0.4) is 0 Å². The molecule has 112 valence electrons. The minimum Gasteiger partial charge on any atom is -0.465 e. The van der Waals surface area contributed by atoms with Crippen LogP contribution in [0.4, 0.5) is 4.79 Å². The van der Waals surface area contributed by atoms with E-state index in [1.165, 1.54) is 0 Å². The summed E-state index contributed by atoms with van der Waals surface area (Å²) in [5, 5.41) is 16.0. The molecule has 1 amide bonds. The van der Waals surface area contributed by atoms with Crippen molar-refractivity contribution in [1.29, 1.82) is 0 Å². The quantitative estimate of drug-likeness (QED) is 0.776. The second-order valence-corrected chi connectivity index (χ2v) is 5.26. The zero-order valence-corrected chi connectivity index (χ0v) is 12.4. The molecule has 0 fully saturated rings. The van der Waals surface area contributed by atoms with E-state index in [4.69, 9.17) is 16.7 Å². The molecule has 22 heavy (non-hydrogen) atoms. The summed E-state index contributed by atoms with van der Waals surface area (Å²) in [6, 6.07) is 9.13. The Labute approximate surface area is 131 Å². The highest BCUT2D eigenvalue weighted by Gasteiger charge is 2.12. The molecule has 0 radical (unpaired) electrons. The summed E-state index contributed by atoms with van der Waals surface area (Å²) in [4.78, 5) is 15.0. The van der Waals surface area contributed by atoms with E-state index in [1.807, 2.05) is 30.3 Å². The van der Waals surface area contributed by atoms with E-state index in [-0.39, 0.29) is 6.04 Å². The van der Waals surface area contributed by atoms with Crippen LogP contribution in [0.2, 0.25) is 5.02 Å². The Hall–Kier alpha value is -2.60. The van der Waals surface area contributed by atoms with Gasteiger partial charge in [-0.1, -0.05) is 29.8 Å². The van der Waals surface area contributed by atoms with E-state index in [1.54, 1.807) is 23.8 Å². The van der Waals surface area contributed by atoms with Gasteiger partial charge in [0.2, 0.25) is 0 Å². The molecule has 7 heteroatoms. The number of carbonyl (C=O) groups is 1. The number of hydrogen-bond donors (Lipinski definition) is 2. The number of amides is 1. The molecule has 0 aliphatic carbocycles. The van der Waals surface area contributed by atoms with Crippen molar-refractivity contribution in [2.45, 2.75) is 13.0 Å². The maximum atomic E-state index is 10.8. The number of carboxylic acid groups (broad SMARTS) is 1. The predicted molar refractivity (Wildman–Crippen MR) is 83.0 cm³/mol. The third-order valence-electron chi connectivity index (χ3n) is 3.38. The molecule has 1 aromatic carbocycles. The van der Waals surface area contributed by atoms with Crippen molar-refractivity contribution >= 4 is 23.3 Å².